The fourth-order valence-corrected chi connectivity index (χ4v) is 11.8. The van der Waals surface area contributed by atoms with Gasteiger partial charge in [0.2, 0.25) is 0 Å². The van der Waals surface area contributed by atoms with Crippen LogP contribution in [0.1, 0.15) is 72.9 Å². The molecule has 0 radical (unpaired) electrons. The molecule has 0 N–H and O–H groups in total. The Balaban J connectivity index is 0.000000223. The summed E-state index contributed by atoms with van der Waals surface area (Å²) in [6.45, 7) is 20.3. The van der Waals surface area contributed by atoms with Gasteiger partial charge in [-0.2, -0.15) is 6.08 Å². The maximum atomic E-state index is 2.99. The average Bonchev–Trinajstić information content (AvgIpc) is 3.75. The van der Waals surface area contributed by atoms with Gasteiger partial charge in [0.1, 0.15) is 0 Å². The van der Waals surface area contributed by atoms with Crippen LogP contribution in [0.25, 0.3) is 0 Å². The van der Waals surface area contributed by atoms with E-state index < -0.39 is 0 Å². The average molecular weight is 781 g/mol. The number of fused-ring (bicyclic) bond motifs is 8. The quantitative estimate of drug-likeness (QED) is 0.266. The fraction of sp³-hybridized carbons (Fsp3) is 0.362. The van der Waals surface area contributed by atoms with Gasteiger partial charge in [-0.15, -0.1) is 48.6 Å². The van der Waals surface area contributed by atoms with Crippen LogP contribution in [0.2, 0.25) is 0 Å². The molecule has 2 fully saturated rings. The van der Waals surface area contributed by atoms with Crippen molar-refractivity contribution in [2.45, 2.75) is 61.8 Å². The Labute approximate surface area is 330 Å². The Morgan fingerprint density at radius 2 is 1.14 bits per heavy atom. The van der Waals surface area contributed by atoms with E-state index >= 15 is 0 Å². The molecule has 2 aromatic rings. The van der Waals surface area contributed by atoms with E-state index in [2.05, 4.69) is 201 Å². The first-order valence-corrected chi connectivity index (χ1v) is 18.9. The molecule has 0 nitrogen and oxygen atoms in total. The molecule has 3 heteroatoms. The SMILES string of the molecule is CC1=CC=CC2[CH-]C3(C)C4(C)C=CC=CC4(C)C4(C)C=CC=CC4(C)C3(C)C12C.Cl.Cl.[C-]1=CC=CC1.[Zr+2]=[C](c1ccccc1)c1ccccc1. The standard InChI is InChI=1S/C29H37.C13H10.C5H5.2ClH.Zr/c1-21-14-13-15-22-20-27(6)25(4)18-10-9-16-23(25,2)24(3)17-11-12-19-26(24,5)29(27,8)28(21,22)7;1-3-7-12(8-4-1)11-13-9-5-2-6-10-13;1-2-4-5-3-1;;;/h9-20,22H,1-8H3;1-10H;1-3H,4H2;2*1H;/q-1;;-1;;;+2. The molecule has 0 spiro atoms. The Hall–Kier alpha value is -2.31. The van der Waals surface area contributed by atoms with E-state index in [1.165, 1.54) is 44.1 Å². The van der Waals surface area contributed by atoms with Crippen LogP contribution in [-0.4, -0.2) is 3.21 Å². The van der Waals surface area contributed by atoms with Crippen LogP contribution in [0.15, 0.2) is 151 Å². The van der Waals surface area contributed by atoms with Gasteiger partial charge in [-0.1, -0.05) is 115 Å². The van der Waals surface area contributed by atoms with E-state index in [-0.39, 0.29) is 62.7 Å². The van der Waals surface area contributed by atoms with Crippen LogP contribution in [-0.2, 0) is 24.2 Å². The summed E-state index contributed by atoms with van der Waals surface area (Å²) in [5.74, 6) is 0.460. The summed E-state index contributed by atoms with van der Waals surface area (Å²) in [5, 5.41) is 0. The van der Waals surface area contributed by atoms with Crippen molar-refractivity contribution in [3.05, 3.63) is 175 Å². The summed E-state index contributed by atoms with van der Waals surface area (Å²) < 4.78 is 1.42. The zero-order chi connectivity index (χ0) is 34.5. The summed E-state index contributed by atoms with van der Waals surface area (Å²) in [6, 6.07) is 21.1. The molecule has 2 aromatic carbocycles. The molecule has 0 aromatic heterocycles. The van der Waals surface area contributed by atoms with E-state index in [0.717, 1.165) is 6.42 Å². The van der Waals surface area contributed by atoms with Gasteiger partial charge >= 0.3 is 99.2 Å². The first-order valence-electron chi connectivity index (χ1n) is 17.6. The molecule has 8 rings (SSSR count). The van der Waals surface area contributed by atoms with Crippen molar-refractivity contribution in [3.63, 3.8) is 0 Å². The van der Waals surface area contributed by atoms with Gasteiger partial charge in [-0.05, 0) is 28.6 Å². The van der Waals surface area contributed by atoms with Gasteiger partial charge in [0.15, 0.2) is 0 Å². The minimum absolute atomic E-state index is 0. The molecule has 6 aliphatic carbocycles. The number of halogens is 2. The van der Waals surface area contributed by atoms with Gasteiger partial charge < -0.3 is 6.42 Å². The molecule has 0 saturated heterocycles. The van der Waals surface area contributed by atoms with Crippen molar-refractivity contribution in [2.24, 2.45) is 43.8 Å². The van der Waals surface area contributed by atoms with Crippen molar-refractivity contribution in [1.82, 2.24) is 0 Å². The van der Waals surface area contributed by atoms with Crippen LogP contribution >= 0.6 is 24.8 Å². The molecule has 8 unspecified atom stereocenters. The second-order valence-corrected chi connectivity index (χ2v) is 17.0. The van der Waals surface area contributed by atoms with E-state index in [1.54, 1.807) is 0 Å². The number of hydrogen-bond acceptors (Lipinski definition) is 0. The molecule has 0 amide bonds. The number of hydrogen-bond donors (Lipinski definition) is 0. The van der Waals surface area contributed by atoms with Gasteiger partial charge in [0, 0.05) is 10.8 Å². The van der Waals surface area contributed by atoms with Crippen molar-refractivity contribution < 1.29 is 24.2 Å². The Morgan fingerprint density at radius 1 is 0.660 bits per heavy atom. The van der Waals surface area contributed by atoms with Crippen molar-refractivity contribution in [3.8, 4) is 0 Å². The van der Waals surface area contributed by atoms with Crippen molar-refractivity contribution in [2.75, 3.05) is 0 Å². The molecule has 6 aliphatic rings. The number of allylic oxidation sites excluding steroid dienone is 16. The minimum atomic E-state index is 0. The Morgan fingerprint density at radius 3 is 1.60 bits per heavy atom. The molecule has 8 atom stereocenters. The first kappa shape index (κ1) is 40.5. The summed E-state index contributed by atoms with van der Waals surface area (Å²) in [6.07, 6.45) is 39.3. The zero-order valence-corrected chi connectivity index (χ0v) is 35.1. The van der Waals surface area contributed by atoms with Crippen molar-refractivity contribution in [1.29, 1.82) is 0 Å². The second-order valence-electron chi connectivity index (χ2n) is 15.8. The molecule has 2 saturated carbocycles. The monoisotopic (exact) mass is 778 g/mol. The van der Waals surface area contributed by atoms with Crippen LogP contribution < -0.4 is 0 Å². The number of benzene rings is 2. The maximum absolute atomic E-state index is 2.99. The fourth-order valence-electron chi connectivity index (χ4n) is 11.0. The van der Waals surface area contributed by atoms with Crippen molar-refractivity contribution >= 4 is 28.0 Å². The van der Waals surface area contributed by atoms with Gasteiger partial charge in [0.05, 0.1) is 0 Å². The zero-order valence-electron chi connectivity index (χ0n) is 31.0. The third-order valence-corrected chi connectivity index (χ3v) is 16.2. The first-order chi connectivity index (χ1) is 22.8. The van der Waals surface area contributed by atoms with Gasteiger partial charge in [-0.25, -0.2) is 12.2 Å². The van der Waals surface area contributed by atoms with Crippen LogP contribution in [0.5, 0.6) is 0 Å². The summed E-state index contributed by atoms with van der Waals surface area (Å²) in [5.41, 5.74) is 4.39. The molecule has 0 aliphatic heterocycles. The topological polar surface area (TPSA) is 0 Å². The van der Waals surface area contributed by atoms with E-state index in [4.69, 9.17) is 0 Å². The predicted molar refractivity (Wildman–Crippen MR) is 216 cm³/mol. The molecular formula is C47H54Cl2Zr. The summed E-state index contributed by atoms with van der Waals surface area (Å²) >= 11 is 1.46. The van der Waals surface area contributed by atoms with E-state index in [9.17, 15) is 0 Å². The second kappa shape index (κ2) is 14.6. The molecular weight excluding hydrogens is 727 g/mol. The summed E-state index contributed by atoms with van der Waals surface area (Å²) in [4.78, 5) is 0. The summed E-state index contributed by atoms with van der Waals surface area (Å²) in [7, 11) is 0. The van der Waals surface area contributed by atoms with Gasteiger partial charge in [0.25, 0.3) is 0 Å². The van der Waals surface area contributed by atoms with E-state index in [1.807, 2.05) is 12.2 Å². The normalized spacial score (nSPS) is 38.8. The predicted octanol–water partition coefficient (Wildman–Crippen LogP) is 12.6. The van der Waals surface area contributed by atoms with Crippen LogP contribution in [0, 0.1) is 56.3 Å². The number of rotatable bonds is 2. The molecule has 50 heavy (non-hydrogen) atoms. The molecule has 260 valence electrons. The third-order valence-electron chi connectivity index (χ3n) is 14.7. The van der Waals surface area contributed by atoms with Crippen LogP contribution in [0.3, 0.4) is 0 Å². The Kier molecular flexibility index (Phi) is 11.8. The molecule has 0 bridgehead atoms. The molecule has 0 heterocycles. The van der Waals surface area contributed by atoms with Gasteiger partial charge in [-0.3, -0.25) is 6.08 Å². The van der Waals surface area contributed by atoms with E-state index in [0.29, 0.717) is 5.92 Å². The Bertz CT molecular complexity index is 1760. The van der Waals surface area contributed by atoms with Crippen LogP contribution in [0.4, 0.5) is 0 Å². The third kappa shape index (κ3) is 5.34.